The summed E-state index contributed by atoms with van der Waals surface area (Å²) in [6.07, 6.45) is -0.0427. The zero-order chi connectivity index (χ0) is 20.9. The third-order valence-corrected chi connectivity index (χ3v) is 5.90. The van der Waals surface area contributed by atoms with Crippen molar-refractivity contribution in [1.29, 1.82) is 0 Å². The molecule has 0 aromatic heterocycles. The highest BCUT2D eigenvalue weighted by atomic mass is 16.7. The van der Waals surface area contributed by atoms with Crippen LogP contribution >= 0.6 is 0 Å². The Balaban J connectivity index is 2.09. The zero-order valence-electron chi connectivity index (χ0n) is 16.2. The molecular formula is C20H26O8. The molecule has 0 saturated carbocycles. The summed E-state index contributed by atoms with van der Waals surface area (Å²) in [5, 5.41) is 31.3. The number of carbonyl (C=O) groups excluding carboxylic acids is 2. The van der Waals surface area contributed by atoms with Gasteiger partial charge >= 0.3 is 11.9 Å². The number of hydrogen-bond acceptors (Lipinski definition) is 8. The van der Waals surface area contributed by atoms with Gasteiger partial charge in [-0.1, -0.05) is 12.7 Å². The van der Waals surface area contributed by atoms with Crippen LogP contribution in [0.3, 0.4) is 0 Å². The molecule has 0 amide bonds. The van der Waals surface area contributed by atoms with Crippen LogP contribution in [0.5, 0.6) is 0 Å². The maximum atomic E-state index is 12.4. The number of allylic oxidation sites excluding steroid dienone is 1. The van der Waals surface area contributed by atoms with Crippen molar-refractivity contribution in [2.45, 2.75) is 63.3 Å². The van der Waals surface area contributed by atoms with Gasteiger partial charge in [-0.05, 0) is 26.8 Å². The smallest absolute Gasteiger partial charge is 0.334 e. The van der Waals surface area contributed by atoms with Crippen molar-refractivity contribution in [3.63, 3.8) is 0 Å². The molecule has 28 heavy (non-hydrogen) atoms. The second kappa shape index (κ2) is 7.11. The topological polar surface area (TPSA) is 123 Å². The van der Waals surface area contributed by atoms with Crippen molar-refractivity contribution in [2.24, 2.45) is 5.92 Å². The van der Waals surface area contributed by atoms with Crippen molar-refractivity contribution in [1.82, 2.24) is 0 Å². The first-order valence-corrected chi connectivity index (χ1v) is 9.21. The van der Waals surface area contributed by atoms with E-state index in [9.17, 15) is 24.9 Å². The van der Waals surface area contributed by atoms with Gasteiger partial charge in [0.15, 0.2) is 5.79 Å². The largest absolute Gasteiger partial charge is 0.458 e. The minimum Gasteiger partial charge on any atom is -0.458 e. The molecule has 3 heterocycles. The summed E-state index contributed by atoms with van der Waals surface area (Å²) in [6.45, 7) is 8.11. The molecule has 2 bridgehead atoms. The average molecular weight is 394 g/mol. The first kappa shape index (κ1) is 20.7. The molecule has 0 aromatic rings. The van der Waals surface area contributed by atoms with Crippen LogP contribution in [-0.4, -0.2) is 63.6 Å². The zero-order valence-corrected chi connectivity index (χ0v) is 16.2. The highest BCUT2D eigenvalue weighted by molar-refractivity contribution is 5.92. The maximum absolute atomic E-state index is 12.4. The SMILES string of the molecule is C=C1C(=O)O[C@@H]2/C=C(/CO)[C@@]3(O)C[C@@H](O)[C@@](C)(C[C@@H](OC(=O)/C(C)=C\C)[C@@H]12)O3. The number of rotatable bonds is 3. The minimum atomic E-state index is -1.91. The predicted octanol–water partition coefficient (Wildman–Crippen LogP) is 0.513. The molecule has 2 saturated heterocycles. The Hall–Kier alpha value is -2.00. The standard InChI is InChI=1S/C20H26O8/c1-5-10(2)17(23)27-14-7-19(4)15(22)8-20(25,28-19)12(9-21)6-13-16(14)11(3)18(24)26-13/h5-6,13-16,21-22,25H,3,7-9H2,1-2,4H3/b10-5-,12-6-/t13-,14-,15-,16+,19-,20-/m1/s1. The van der Waals surface area contributed by atoms with Crippen LogP contribution in [0.25, 0.3) is 0 Å². The molecule has 3 rings (SSSR count). The van der Waals surface area contributed by atoms with E-state index in [1.165, 1.54) is 6.08 Å². The number of ether oxygens (including phenoxy) is 3. The summed E-state index contributed by atoms with van der Waals surface area (Å²) in [7, 11) is 0. The van der Waals surface area contributed by atoms with E-state index >= 15 is 0 Å². The summed E-state index contributed by atoms with van der Waals surface area (Å²) in [4.78, 5) is 24.6. The Labute approximate surface area is 163 Å². The number of esters is 2. The summed E-state index contributed by atoms with van der Waals surface area (Å²) in [6, 6.07) is 0. The Morgan fingerprint density at radius 3 is 2.75 bits per heavy atom. The van der Waals surface area contributed by atoms with Crippen LogP contribution in [0.1, 0.15) is 33.6 Å². The van der Waals surface area contributed by atoms with Crippen LogP contribution < -0.4 is 0 Å². The molecule has 0 spiro atoms. The Kier molecular flexibility index (Phi) is 5.26. The summed E-state index contributed by atoms with van der Waals surface area (Å²) >= 11 is 0. The van der Waals surface area contributed by atoms with Crippen LogP contribution in [0, 0.1) is 5.92 Å². The van der Waals surface area contributed by atoms with Crippen molar-refractivity contribution < 1.29 is 39.1 Å². The lowest BCUT2D eigenvalue weighted by molar-refractivity contribution is -0.211. The number of carbonyl (C=O) groups is 2. The molecule has 0 aromatic carbocycles. The predicted molar refractivity (Wildman–Crippen MR) is 96.7 cm³/mol. The molecule has 3 aliphatic rings. The van der Waals surface area contributed by atoms with E-state index in [4.69, 9.17) is 14.2 Å². The number of aliphatic hydroxyl groups is 3. The molecule has 0 unspecified atom stereocenters. The fourth-order valence-electron chi connectivity index (χ4n) is 4.02. The van der Waals surface area contributed by atoms with Gasteiger partial charge in [-0.15, -0.1) is 0 Å². The molecule has 0 radical (unpaired) electrons. The van der Waals surface area contributed by atoms with Crippen molar-refractivity contribution in [3.8, 4) is 0 Å². The molecule has 8 nitrogen and oxygen atoms in total. The van der Waals surface area contributed by atoms with Crippen molar-refractivity contribution in [2.75, 3.05) is 6.61 Å². The van der Waals surface area contributed by atoms with Crippen LogP contribution in [0.4, 0.5) is 0 Å². The molecule has 154 valence electrons. The third kappa shape index (κ3) is 3.30. The van der Waals surface area contributed by atoms with Crippen LogP contribution in [0.2, 0.25) is 0 Å². The Morgan fingerprint density at radius 2 is 2.14 bits per heavy atom. The lowest BCUT2D eigenvalue weighted by Crippen LogP contribution is -2.44. The van der Waals surface area contributed by atoms with Gasteiger partial charge in [0, 0.05) is 29.6 Å². The second-order valence-corrected chi connectivity index (χ2v) is 7.81. The van der Waals surface area contributed by atoms with E-state index in [1.54, 1.807) is 26.8 Å². The lowest BCUT2D eigenvalue weighted by atomic mass is 9.80. The van der Waals surface area contributed by atoms with Gasteiger partial charge < -0.3 is 29.5 Å². The quantitative estimate of drug-likeness (QED) is 0.360. The lowest BCUT2D eigenvalue weighted by Gasteiger charge is -2.34. The van der Waals surface area contributed by atoms with Gasteiger partial charge in [-0.3, -0.25) is 0 Å². The Morgan fingerprint density at radius 1 is 1.46 bits per heavy atom. The fraction of sp³-hybridized carbons (Fsp3) is 0.600. The van der Waals surface area contributed by atoms with Gasteiger partial charge in [0.2, 0.25) is 0 Å². The van der Waals surface area contributed by atoms with E-state index in [0.29, 0.717) is 5.57 Å². The van der Waals surface area contributed by atoms with E-state index in [-0.39, 0.29) is 24.0 Å². The monoisotopic (exact) mass is 394 g/mol. The molecule has 6 atom stereocenters. The third-order valence-electron chi connectivity index (χ3n) is 5.90. The average Bonchev–Trinajstić information content (AvgIpc) is 3.04. The maximum Gasteiger partial charge on any atom is 0.334 e. The van der Waals surface area contributed by atoms with Gasteiger partial charge in [-0.2, -0.15) is 0 Å². The molecule has 3 aliphatic heterocycles. The van der Waals surface area contributed by atoms with E-state index in [0.717, 1.165) is 0 Å². The second-order valence-electron chi connectivity index (χ2n) is 7.81. The first-order chi connectivity index (χ1) is 13.0. The molecule has 8 heteroatoms. The van der Waals surface area contributed by atoms with Crippen molar-refractivity contribution >= 4 is 11.9 Å². The summed E-state index contributed by atoms with van der Waals surface area (Å²) in [5.41, 5.74) is -0.700. The van der Waals surface area contributed by atoms with E-state index in [1.807, 2.05) is 0 Å². The minimum absolute atomic E-state index is 0.00257. The highest BCUT2D eigenvalue weighted by Crippen LogP contribution is 2.48. The highest BCUT2D eigenvalue weighted by Gasteiger charge is 2.58. The van der Waals surface area contributed by atoms with Crippen molar-refractivity contribution in [3.05, 3.63) is 35.5 Å². The fourth-order valence-corrected chi connectivity index (χ4v) is 4.02. The Bertz CT molecular complexity index is 768. The van der Waals surface area contributed by atoms with Gasteiger partial charge in [0.05, 0.1) is 24.2 Å². The van der Waals surface area contributed by atoms with Crippen LogP contribution in [-0.2, 0) is 23.8 Å². The molecule has 3 N–H and O–H groups in total. The van der Waals surface area contributed by atoms with Gasteiger partial charge in [0.1, 0.15) is 12.2 Å². The molecular weight excluding hydrogens is 368 g/mol. The molecule has 0 aliphatic carbocycles. The number of fused-ring (bicyclic) bond motifs is 3. The summed E-state index contributed by atoms with van der Waals surface area (Å²) < 4.78 is 16.8. The number of aliphatic hydroxyl groups excluding tert-OH is 2. The van der Waals surface area contributed by atoms with Gasteiger partial charge in [0.25, 0.3) is 0 Å². The summed E-state index contributed by atoms with van der Waals surface area (Å²) in [5.74, 6) is -3.87. The number of hydrogen-bond donors (Lipinski definition) is 3. The van der Waals surface area contributed by atoms with E-state index < -0.39 is 54.2 Å². The van der Waals surface area contributed by atoms with E-state index in [2.05, 4.69) is 6.58 Å². The normalized spacial score (nSPS) is 42.6. The van der Waals surface area contributed by atoms with Gasteiger partial charge in [-0.25, -0.2) is 9.59 Å². The molecule has 2 fully saturated rings. The first-order valence-electron chi connectivity index (χ1n) is 9.21. The van der Waals surface area contributed by atoms with Crippen LogP contribution in [0.15, 0.2) is 35.5 Å².